The second-order valence-electron chi connectivity index (χ2n) is 5.71. The highest BCUT2D eigenvalue weighted by Gasteiger charge is 2.40. The Morgan fingerprint density at radius 1 is 1.23 bits per heavy atom. The molecule has 1 aromatic heterocycles. The first-order valence-electron chi connectivity index (χ1n) is 7.53. The third-order valence-corrected chi connectivity index (χ3v) is 4.95. The Labute approximate surface area is 133 Å². The lowest BCUT2D eigenvalue weighted by atomic mass is 10.0. The van der Waals surface area contributed by atoms with Crippen molar-refractivity contribution in [2.24, 2.45) is 4.99 Å². The number of aliphatic imine (C=N–C) groups is 1. The van der Waals surface area contributed by atoms with E-state index in [4.69, 9.17) is 9.83 Å². The van der Waals surface area contributed by atoms with Crippen LogP contribution in [0, 0.1) is 0 Å². The van der Waals surface area contributed by atoms with Crippen LogP contribution in [0.25, 0.3) is 0 Å². The zero-order valence-corrected chi connectivity index (χ0v) is 13.1. The molecule has 1 aromatic carbocycles. The fourth-order valence-corrected chi connectivity index (χ4v) is 3.51. The Morgan fingerprint density at radius 3 is 2.77 bits per heavy atom. The summed E-state index contributed by atoms with van der Waals surface area (Å²) in [6.07, 6.45) is 3.60. The molecule has 3 heterocycles. The number of rotatable bonds is 3. The molecule has 0 unspecified atom stereocenters. The van der Waals surface area contributed by atoms with Crippen LogP contribution in [0.15, 0.2) is 46.9 Å². The molecule has 6 heteroatoms. The fraction of sp³-hybridized carbons (Fsp3) is 0.375. The Morgan fingerprint density at radius 2 is 2.05 bits per heavy atom. The number of aromatic nitrogens is 1. The van der Waals surface area contributed by atoms with Gasteiger partial charge in [-0.3, -0.25) is 4.90 Å². The summed E-state index contributed by atoms with van der Waals surface area (Å²) in [5.74, 6) is 0.770. The summed E-state index contributed by atoms with van der Waals surface area (Å²) in [7, 11) is 0. The molecule has 2 aliphatic rings. The smallest absolute Gasteiger partial charge is 0.190 e. The molecular formula is C16H18N4OS. The quantitative estimate of drug-likeness (QED) is 0.945. The summed E-state index contributed by atoms with van der Waals surface area (Å²) in [6, 6.07) is 10.6. The molecule has 1 spiro atoms. The summed E-state index contributed by atoms with van der Waals surface area (Å²) in [4.78, 5) is 17.3. The van der Waals surface area contributed by atoms with Gasteiger partial charge in [0.05, 0.1) is 0 Å². The van der Waals surface area contributed by atoms with E-state index in [9.17, 15) is 0 Å². The van der Waals surface area contributed by atoms with E-state index in [-0.39, 0.29) is 0 Å². The van der Waals surface area contributed by atoms with Gasteiger partial charge >= 0.3 is 0 Å². The normalized spacial score (nSPS) is 20.8. The van der Waals surface area contributed by atoms with Crippen LogP contribution in [0.2, 0.25) is 0 Å². The number of hydrogen-bond donors (Lipinski definition) is 1. The predicted octanol–water partition coefficient (Wildman–Crippen LogP) is 2.42. The number of benzene rings is 1. The minimum atomic E-state index is -0.409. The molecular weight excluding hydrogens is 296 g/mol. The number of nitrogens with zero attached hydrogens (tertiary/aromatic N) is 3. The fourth-order valence-electron chi connectivity index (χ4n) is 2.94. The Bertz CT molecular complexity index is 648. The first-order valence-corrected chi connectivity index (χ1v) is 8.41. The van der Waals surface area contributed by atoms with Gasteiger partial charge in [0.25, 0.3) is 0 Å². The van der Waals surface area contributed by atoms with Gasteiger partial charge in [-0.2, -0.15) is 0 Å². The lowest BCUT2D eigenvalue weighted by molar-refractivity contribution is -0.0901. The van der Waals surface area contributed by atoms with Gasteiger partial charge in [-0.25, -0.2) is 20.3 Å². The molecule has 4 rings (SSSR count). The van der Waals surface area contributed by atoms with E-state index < -0.39 is 5.72 Å². The van der Waals surface area contributed by atoms with E-state index in [1.807, 2.05) is 5.38 Å². The molecule has 1 N–H and O–H groups in total. The van der Waals surface area contributed by atoms with Crippen LogP contribution < -0.4 is 5.48 Å². The first kappa shape index (κ1) is 13.9. The molecule has 0 radical (unpaired) electrons. The molecule has 0 atom stereocenters. The van der Waals surface area contributed by atoms with E-state index in [0.29, 0.717) is 0 Å². The van der Waals surface area contributed by atoms with Gasteiger partial charge in [-0.15, -0.1) is 11.3 Å². The van der Waals surface area contributed by atoms with Crippen molar-refractivity contribution in [2.45, 2.75) is 25.1 Å². The summed E-state index contributed by atoms with van der Waals surface area (Å²) in [6.45, 7) is 2.98. The number of likely N-dealkylation sites (tertiary alicyclic amines) is 1. The van der Waals surface area contributed by atoms with Crippen molar-refractivity contribution >= 4 is 17.2 Å². The highest BCUT2D eigenvalue weighted by molar-refractivity contribution is 7.11. The number of nitrogens with one attached hydrogen (secondary N) is 1. The van der Waals surface area contributed by atoms with Gasteiger partial charge in [0.15, 0.2) is 16.6 Å². The topological polar surface area (TPSA) is 49.8 Å². The average Bonchev–Trinajstić information content (AvgIpc) is 3.21. The van der Waals surface area contributed by atoms with Gasteiger partial charge in [0.2, 0.25) is 0 Å². The monoisotopic (exact) mass is 314 g/mol. The van der Waals surface area contributed by atoms with Crippen molar-refractivity contribution in [3.05, 3.63) is 52.5 Å². The Balaban J connectivity index is 1.40. The van der Waals surface area contributed by atoms with Crippen LogP contribution in [0.4, 0.5) is 0 Å². The summed E-state index contributed by atoms with van der Waals surface area (Å²) in [5.41, 5.74) is 3.91. The number of piperidine rings is 1. The van der Waals surface area contributed by atoms with Crippen LogP contribution in [0.3, 0.4) is 0 Å². The van der Waals surface area contributed by atoms with Crippen LogP contribution >= 0.6 is 11.3 Å². The maximum atomic E-state index is 5.80. The lowest BCUT2D eigenvalue weighted by Crippen LogP contribution is -2.44. The van der Waals surface area contributed by atoms with Crippen LogP contribution in [-0.2, 0) is 11.4 Å². The van der Waals surface area contributed by atoms with Crippen molar-refractivity contribution in [1.82, 2.24) is 15.4 Å². The number of thiazole rings is 1. The van der Waals surface area contributed by atoms with Gasteiger partial charge < -0.3 is 0 Å². The second-order valence-corrected chi connectivity index (χ2v) is 6.60. The molecule has 0 bridgehead atoms. The van der Waals surface area contributed by atoms with Gasteiger partial charge in [-0.05, 0) is 5.56 Å². The molecule has 0 saturated carbocycles. The molecule has 114 valence electrons. The van der Waals surface area contributed by atoms with E-state index >= 15 is 0 Å². The summed E-state index contributed by atoms with van der Waals surface area (Å²) < 4.78 is 0. The van der Waals surface area contributed by atoms with Crippen LogP contribution in [0.1, 0.15) is 23.4 Å². The van der Waals surface area contributed by atoms with Crippen molar-refractivity contribution in [2.75, 3.05) is 13.1 Å². The molecule has 2 aliphatic heterocycles. The van der Waals surface area contributed by atoms with Crippen molar-refractivity contribution in [1.29, 1.82) is 0 Å². The summed E-state index contributed by atoms with van der Waals surface area (Å²) >= 11 is 1.58. The first-order chi connectivity index (χ1) is 10.8. The highest BCUT2D eigenvalue weighted by atomic mass is 32.1. The zero-order chi connectivity index (χ0) is 14.8. The van der Waals surface area contributed by atoms with E-state index in [0.717, 1.165) is 43.3 Å². The Kier molecular flexibility index (Phi) is 3.65. The standard InChI is InChI=1S/C16H18N4OS/c1-2-4-13(5-3-1)12-20-9-6-16(7-10-20)18-14(19-21-16)15-17-8-11-22-15/h1-5,8,11H,6-7,9-10,12H2,(H,18,19). The predicted molar refractivity (Wildman–Crippen MR) is 86.6 cm³/mol. The number of hydroxylamine groups is 1. The van der Waals surface area contributed by atoms with Crippen molar-refractivity contribution in [3.63, 3.8) is 0 Å². The number of hydrogen-bond acceptors (Lipinski definition) is 6. The highest BCUT2D eigenvalue weighted by Crippen LogP contribution is 2.31. The molecule has 1 saturated heterocycles. The van der Waals surface area contributed by atoms with Gasteiger partial charge in [0.1, 0.15) is 0 Å². The maximum Gasteiger partial charge on any atom is 0.190 e. The molecule has 22 heavy (non-hydrogen) atoms. The maximum absolute atomic E-state index is 5.80. The van der Waals surface area contributed by atoms with Gasteiger partial charge in [0, 0.05) is 44.1 Å². The van der Waals surface area contributed by atoms with Crippen molar-refractivity contribution in [3.8, 4) is 0 Å². The molecule has 5 nitrogen and oxygen atoms in total. The molecule has 0 amide bonds. The largest absolute Gasteiger partial charge is 0.299 e. The Hall–Kier alpha value is -1.76. The van der Waals surface area contributed by atoms with E-state index in [2.05, 4.69) is 45.7 Å². The van der Waals surface area contributed by atoms with Crippen LogP contribution in [-0.4, -0.2) is 34.5 Å². The van der Waals surface area contributed by atoms with E-state index in [1.165, 1.54) is 5.56 Å². The zero-order valence-electron chi connectivity index (χ0n) is 12.2. The molecule has 0 aliphatic carbocycles. The van der Waals surface area contributed by atoms with E-state index in [1.54, 1.807) is 17.5 Å². The number of amidine groups is 1. The minimum Gasteiger partial charge on any atom is -0.299 e. The van der Waals surface area contributed by atoms with Crippen LogP contribution in [0.5, 0.6) is 0 Å². The SMILES string of the molecule is c1ccc(CN2CCC3(CC2)N=C(c2nccs2)NO3)cc1. The minimum absolute atomic E-state index is 0.409. The molecule has 2 aromatic rings. The third-order valence-electron chi connectivity index (χ3n) is 4.17. The van der Waals surface area contributed by atoms with Gasteiger partial charge in [-0.1, -0.05) is 30.3 Å². The summed E-state index contributed by atoms with van der Waals surface area (Å²) in [5, 5.41) is 2.84. The van der Waals surface area contributed by atoms with Crippen molar-refractivity contribution < 1.29 is 4.84 Å². The molecule has 1 fully saturated rings. The second kappa shape index (κ2) is 5.79. The average molecular weight is 314 g/mol. The lowest BCUT2D eigenvalue weighted by Gasteiger charge is -2.35. The third kappa shape index (κ3) is 2.77.